The van der Waals surface area contributed by atoms with E-state index in [1.54, 1.807) is 0 Å². The predicted molar refractivity (Wildman–Crippen MR) is 57.3 cm³/mol. The third-order valence-corrected chi connectivity index (χ3v) is 2.26. The normalized spacial score (nSPS) is 10.3. The van der Waals surface area contributed by atoms with Crippen molar-refractivity contribution in [3.05, 3.63) is 58.1 Å². The van der Waals surface area contributed by atoms with Gasteiger partial charge in [-0.2, -0.15) is 0 Å². The maximum absolute atomic E-state index is 13.1. The molecule has 0 bridgehead atoms. The molecule has 1 aromatic heterocycles. The number of benzene rings is 1. The molecule has 92 valence electrons. The SMILES string of the molecule is O=C(O)c1oc(=O)ccc1-c1ccc(F)c(F)c1. The van der Waals surface area contributed by atoms with Gasteiger partial charge in [-0.15, -0.1) is 0 Å². The number of carboxylic acids is 1. The first kappa shape index (κ1) is 12.0. The molecule has 4 nitrogen and oxygen atoms in total. The zero-order chi connectivity index (χ0) is 13.3. The summed E-state index contributed by atoms with van der Waals surface area (Å²) in [5.74, 6) is -4.25. The summed E-state index contributed by atoms with van der Waals surface area (Å²) < 4.78 is 30.4. The summed E-state index contributed by atoms with van der Waals surface area (Å²) in [5.41, 5.74) is -0.727. The van der Waals surface area contributed by atoms with Gasteiger partial charge in [-0.3, -0.25) is 0 Å². The van der Waals surface area contributed by atoms with Crippen LogP contribution in [0.5, 0.6) is 0 Å². The highest BCUT2D eigenvalue weighted by Gasteiger charge is 2.16. The van der Waals surface area contributed by atoms with Gasteiger partial charge in [0.15, 0.2) is 11.6 Å². The second kappa shape index (κ2) is 4.40. The summed E-state index contributed by atoms with van der Waals surface area (Å²) in [4.78, 5) is 21.8. The molecule has 2 rings (SSSR count). The van der Waals surface area contributed by atoms with E-state index >= 15 is 0 Å². The topological polar surface area (TPSA) is 67.5 Å². The number of rotatable bonds is 2. The Morgan fingerprint density at radius 1 is 1.11 bits per heavy atom. The summed E-state index contributed by atoms with van der Waals surface area (Å²) in [6, 6.07) is 5.07. The molecule has 0 amide bonds. The lowest BCUT2D eigenvalue weighted by Gasteiger charge is -2.04. The molecule has 0 saturated heterocycles. The van der Waals surface area contributed by atoms with Crippen molar-refractivity contribution in [2.45, 2.75) is 0 Å². The summed E-state index contributed by atoms with van der Waals surface area (Å²) in [5, 5.41) is 8.87. The fraction of sp³-hybridized carbons (Fsp3) is 0. The van der Waals surface area contributed by atoms with Crippen molar-refractivity contribution < 1.29 is 23.1 Å². The minimum atomic E-state index is -1.47. The number of hydrogen-bond donors (Lipinski definition) is 1. The highest BCUT2D eigenvalue weighted by Crippen LogP contribution is 2.24. The second-order valence-electron chi connectivity index (χ2n) is 3.43. The highest BCUT2D eigenvalue weighted by atomic mass is 19.2. The molecule has 0 atom stereocenters. The third kappa shape index (κ3) is 2.13. The first-order valence-corrected chi connectivity index (χ1v) is 4.82. The van der Waals surface area contributed by atoms with E-state index in [0.717, 1.165) is 18.2 Å². The van der Waals surface area contributed by atoms with Gasteiger partial charge in [0.1, 0.15) is 0 Å². The van der Waals surface area contributed by atoms with Crippen molar-refractivity contribution in [2.24, 2.45) is 0 Å². The van der Waals surface area contributed by atoms with Crippen molar-refractivity contribution in [2.75, 3.05) is 0 Å². The molecule has 0 aliphatic rings. The zero-order valence-electron chi connectivity index (χ0n) is 8.81. The monoisotopic (exact) mass is 252 g/mol. The number of carbonyl (C=O) groups is 1. The number of hydrogen-bond acceptors (Lipinski definition) is 3. The largest absolute Gasteiger partial charge is 0.475 e. The van der Waals surface area contributed by atoms with Gasteiger partial charge in [0.05, 0.1) is 0 Å². The van der Waals surface area contributed by atoms with E-state index < -0.39 is 29.0 Å². The van der Waals surface area contributed by atoms with Crippen LogP contribution in [0.25, 0.3) is 11.1 Å². The number of carboxylic acid groups (broad SMARTS) is 1. The van der Waals surface area contributed by atoms with Crippen molar-refractivity contribution in [3.63, 3.8) is 0 Å². The van der Waals surface area contributed by atoms with Gasteiger partial charge in [-0.1, -0.05) is 6.07 Å². The van der Waals surface area contributed by atoms with E-state index in [1.165, 1.54) is 12.1 Å². The maximum Gasteiger partial charge on any atom is 0.372 e. The van der Waals surface area contributed by atoms with Crippen LogP contribution < -0.4 is 5.63 Å². The Bertz CT molecular complexity index is 676. The van der Waals surface area contributed by atoms with E-state index in [2.05, 4.69) is 4.42 Å². The number of aromatic carboxylic acids is 1. The Hall–Kier alpha value is -2.50. The van der Waals surface area contributed by atoms with E-state index in [0.29, 0.717) is 0 Å². The van der Waals surface area contributed by atoms with Crippen LogP contribution in [0.4, 0.5) is 8.78 Å². The van der Waals surface area contributed by atoms with Gasteiger partial charge in [0, 0.05) is 11.6 Å². The lowest BCUT2D eigenvalue weighted by atomic mass is 10.0. The second-order valence-corrected chi connectivity index (χ2v) is 3.43. The van der Waals surface area contributed by atoms with Gasteiger partial charge >= 0.3 is 11.6 Å². The summed E-state index contributed by atoms with van der Waals surface area (Å²) in [7, 11) is 0. The maximum atomic E-state index is 13.1. The fourth-order valence-electron chi connectivity index (χ4n) is 1.47. The molecule has 0 fully saturated rings. The Labute approximate surface area is 99.1 Å². The average molecular weight is 252 g/mol. The summed E-state index contributed by atoms with van der Waals surface area (Å²) >= 11 is 0. The molecule has 0 saturated carbocycles. The summed E-state index contributed by atoms with van der Waals surface area (Å²) in [6.45, 7) is 0. The minimum absolute atomic E-state index is 0.000926. The van der Waals surface area contributed by atoms with Crippen LogP contribution in [0.1, 0.15) is 10.6 Å². The first-order valence-electron chi connectivity index (χ1n) is 4.82. The van der Waals surface area contributed by atoms with Crippen molar-refractivity contribution >= 4 is 5.97 Å². The molecule has 2 aromatic rings. The van der Waals surface area contributed by atoms with Gasteiger partial charge in [-0.05, 0) is 23.8 Å². The molecule has 0 aliphatic carbocycles. The Morgan fingerprint density at radius 3 is 2.44 bits per heavy atom. The van der Waals surface area contributed by atoms with Gasteiger partial charge in [-0.25, -0.2) is 18.4 Å². The molecule has 0 radical (unpaired) electrons. The van der Waals surface area contributed by atoms with Crippen molar-refractivity contribution in [3.8, 4) is 11.1 Å². The predicted octanol–water partition coefficient (Wildman–Crippen LogP) is 2.28. The molecule has 1 heterocycles. The van der Waals surface area contributed by atoms with Crippen LogP contribution in [0.3, 0.4) is 0 Å². The van der Waals surface area contributed by atoms with E-state index in [-0.39, 0.29) is 11.1 Å². The molecule has 1 N–H and O–H groups in total. The van der Waals surface area contributed by atoms with Gasteiger partial charge < -0.3 is 9.52 Å². The average Bonchev–Trinajstić information content (AvgIpc) is 2.32. The highest BCUT2D eigenvalue weighted by molar-refractivity contribution is 5.92. The van der Waals surface area contributed by atoms with Gasteiger partial charge in [0.25, 0.3) is 0 Å². The van der Waals surface area contributed by atoms with Crippen LogP contribution >= 0.6 is 0 Å². The Kier molecular flexibility index (Phi) is 2.93. The molecule has 0 unspecified atom stereocenters. The Balaban J connectivity index is 2.66. The first-order chi connectivity index (χ1) is 8.49. The van der Waals surface area contributed by atoms with Crippen molar-refractivity contribution in [1.29, 1.82) is 0 Å². The van der Waals surface area contributed by atoms with E-state index in [9.17, 15) is 18.4 Å². The molecule has 0 aliphatic heterocycles. The molecule has 18 heavy (non-hydrogen) atoms. The minimum Gasteiger partial charge on any atom is -0.475 e. The van der Waals surface area contributed by atoms with Gasteiger partial charge in [0.2, 0.25) is 5.76 Å². The van der Waals surface area contributed by atoms with E-state index in [4.69, 9.17) is 5.11 Å². The van der Waals surface area contributed by atoms with Crippen LogP contribution in [0.2, 0.25) is 0 Å². The summed E-state index contributed by atoms with van der Waals surface area (Å²) in [6.07, 6.45) is 0. The third-order valence-electron chi connectivity index (χ3n) is 2.26. The number of halogens is 2. The Morgan fingerprint density at radius 2 is 1.83 bits per heavy atom. The molecular formula is C12H6F2O4. The molecular weight excluding hydrogens is 246 g/mol. The van der Waals surface area contributed by atoms with Crippen LogP contribution in [-0.2, 0) is 0 Å². The van der Waals surface area contributed by atoms with Crippen molar-refractivity contribution in [1.82, 2.24) is 0 Å². The standard InChI is InChI=1S/C12H6F2O4/c13-8-3-1-6(5-9(8)14)7-2-4-10(15)18-11(7)12(16)17/h1-5H,(H,16,17). The van der Waals surface area contributed by atoms with Crippen LogP contribution in [-0.4, -0.2) is 11.1 Å². The molecule has 1 aromatic carbocycles. The fourth-order valence-corrected chi connectivity index (χ4v) is 1.47. The van der Waals surface area contributed by atoms with Crippen LogP contribution in [0.15, 0.2) is 39.5 Å². The lowest BCUT2D eigenvalue weighted by molar-refractivity contribution is 0.0658. The zero-order valence-corrected chi connectivity index (χ0v) is 8.81. The molecule has 6 heteroatoms. The van der Waals surface area contributed by atoms with E-state index in [1.807, 2.05) is 0 Å². The lowest BCUT2D eigenvalue weighted by Crippen LogP contribution is -2.06. The smallest absolute Gasteiger partial charge is 0.372 e. The quantitative estimate of drug-likeness (QED) is 0.890. The van der Waals surface area contributed by atoms with Crippen LogP contribution in [0, 0.1) is 11.6 Å². The molecule has 0 spiro atoms.